The van der Waals surface area contributed by atoms with Crippen molar-refractivity contribution in [3.8, 4) is 5.75 Å². The van der Waals surface area contributed by atoms with Crippen molar-refractivity contribution in [2.24, 2.45) is 0 Å². The minimum atomic E-state index is -0.393. The zero-order valence-electron chi connectivity index (χ0n) is 12.8. The molecule has 1 aliphatic rings. The van der Waals surface area contributed by atoms with Crippen LogP contribution in [0.4, 0.5) is 9.18 Å². The van der Waals surface area contributed by atoms with Crippen molar-refractivity contribution < 1.29 is 19.0 Å². The van der Waals surface area contributed by atoms with E-state index >= 15 is 0 Å². The summed E-state index contributed by atoms with van der Waals surface area (Å²) < 4.78 is 18.8. The highest BCUT2D eigenvalue weighted by atomic mass is 19.1. The number of carbonyl (C=O) groups is 1. The minimum absolute atomic E-state index is 0.200. The number of hydrogen-bond acceptors (Lipinski definition) is 3. The molecule has 0 radical (unpaired) electrons. The van der Waals surface area contributed by atoms with Gasteiger partial charge in [-0.05, 0) is 31.7 Å². The molecule has 0 bridgehead atoms. The van der Waals surface area contributed by atoms with Crippen LogP contribution in [0, 0.1) is 5.82 Å². The Morgan fingerprint density at radius 3 is 3.14 bits per heavy atom. The van der Waals surface area contributed by atoms with Gasteiger partial charge in [0.15, 0.2) is 0 Å². The summed E-state index contributed by atoms with van der Waals surface area (Å²) in [6.07, 6.45) is 2.33. The Balaban J connectivity index is 1.93. The zero-order chi connectivity index (χ0) is 15.9. The first-order chi connectivity index (χ1) is 10.6. The van der Waals surface area contributed by atoms with Crippen LogP contribution in [0.15, 0.2) is 18.2 Å². The molecule has 0 spiro atoms. The van der Waals surface area contributed by atoms with Crippen molar-refractivity contribution in [2.45, 2.75) is 44.8 Å². The molecule has 122 valence electrons. The maximum absolute atomic E-state index is 13.3. The normalized spacial score (nSPS) is 18.6. The van der Waals surface area contributed by atoms with Crippen LogP contribution in [0.2, 0.25) is 0 Å². The first-order valence-electron chi connectivity index (χ1n) is 7.74. The van der Waals surface area contributed by atoms with E-state index in [2.05, 4.69) is 10.6 Å². The molecule has 1 heterocycles. The number of aliphatic hydroxyl groups excluding tert-OH is 1. The lowest BCUT2D eigenvalue weighted by atomic mass is 10.0. The highest BCUT2D eigenvalue weighted by Gasteiger charge is 2.21. The van der Waals surface area contributed by atoms with Gasteiger partial charge in [-0.2, -0.15) is 0 Å². The van der Waals surface area contributed by atoms with E-state index in [1.54, 1.807) is 6.07 Å². The Morgan fingerprint density at radius 1 is 1.55 bits per heavy atom. The van der Waals surface area contributed by atoms with Crippen molar-refractivity contribution in [1.82, 2.24) is 10.6 Å². The fourth-order valence-corrected chi connectivity index (χ4v) is 2.46. The SMILES string of the molecule is CCC(O)CCNC(=O)NC1CCCOc2cc(F)ccc21. The maximum Gasteiger partial charge on any atom is 0.315 e. The van der Waals surface area contributed by atoms with Crippen LogP contribution in [0.3, 0.4) is 0 Å². The number of hydrogen-bond donors (Lipinski definition) is 3. The molecule has 1 aliphatic heterocycles. The van der Waals surface area contributed by atoms with Crippen LogP contribution >= 0.6 is 0 Å². The number of nitrogens with one attached hydrogen (secondary N) is 2. The summed E-state index contributed by atoms with van der Waals surface area (Å²) in [4.78, 5) is 12.0. The monoisotopic (exact) mass is 310 g/mol. The molecule has 5 nitrogen and oxygen atoms in total. The third-order valence-corrected chi connectivity index (χ3v) is 3.79. The Hall–Kier alpha value is -1.82. The van der Waals surface area contributed by atoms with Gasteiger partial charge in [-0.3, -0.25) is 0 Å². The van der Waals surface area contributed by atoms with Crippen LogP contribution in [0.25, 0.3) is 0 Å². The standard InChI is InChI=1S/C16H23FN2O3/c1-2-12(20)7-8-18-16(21)19-14-4-3-9-22-15-10-11(17)5-6-13(14)15/h5-6,10,12,14,20H,2-4,7-9H2,1H3,(H2,18,19,21). The quantitative estimate of drug-likeness (QED) is 0.782. The van der Waals surface area contributed by atoms with E-state index in [0.717, 1.165) is 18.4 Å². The Kier molecular flexibility index (Phi) is 6.00. The second-order valence-corrected chi connectivity index (χ2v) is 5.48. The third kappa shape index (κ3) is 4.59. The first kappa shape index (κ1) is 16.5. The summed E-state index contributed by atoms with van der Waals surface area (Å²) >= 11 is 0. The van der Waals surface area contributed by atoms with E-state index in [-0.39, 0.29) is 17.9 Å². The predicted octanol–water partition coefficient (Wildman–Crippen LogP) is 2.50. The average Bonchev–Trinajstić information content (AvgIpc) is 2.69. The molecule has 0 fully saturated rings. The van der Waals surface area contributed by atoms with E-state index in [9.17, 15) is 14.3 Å². The molecule has 0 saturated heterocycles. The van der Waals surface area contributed by atoms with E-state index in [1.807, 2.05) is 6.92 Å². The molecule has 0 aliphatic carbocycles. The Labute approximate surface area is 129 Å². The second kappa shape index (κ2) is 7.98. The molecule has 0 aromatic heterocycles. The number of rotatable bonds is 5. The average molecular weight is 310 g/mol. The summed E-state index contributed by atoms with van der Waals surface area (Å²) in [7, 11) is 0. The summed E-state index contributed by atoms with van der Waals surface area (Å²) in [6.45, 7) is 2.83. The topological polar surface area (TPSA) is 70.6 Å². The molecule has 6 heteroatoms. The van der Waals surface area contributed by atoms with Crippen LogP contribution in [0.5, 0.6) is 5.75 Å². The van der Waals surface area contributed by atoms with E-state index < -0.39 is 6.10 Å². The fraction of sp³-hybridized carbons (Fsp3) is 0.562. The molecule has 1 aromatic rings. The van der Waals surface area contributed by atoms with E-state index in [1.165, 1.54) is 12.1 Å². The van der Waals surface area contributed by atoms with Crippen LogP contribution in [-0.2, 0) is 0 Å². The van der Waals surface area contributed by atoms with Gasteiger partial charge in [0.25, 0.3) is 0 Å². The van der Waals surface area contributed by atoms with Gasteiger partial charge in [0.2, 0.25) is 0 Å². The molecular weight excluding hydrogens is 287 g/mol. The molecule has 2 amide bonds. The summed E-state index contributed by atoms with van der Waals surface area (Å²) in [5, 5.41) is 15.1. The number of benzene rings is 1. The van der Waals surface area contributed by atoms with Crippen molar-refractivity contribution in [1.29, 1.82) is 0 Å². The smallest absolute Gasteiger partial charge is 0.315 e. The van der Waals surface area contributed by atoms with Crippen LogP contribution in [-0.4, -0.2) is 30.4 Å². The van der Waals surface area contributed by atoms with Gasteiger partial charge in [0, 0.05) is 18.2 Å². The van der Waals surface area contributed by atoms with Crippen molar-refractivity contribution in [2.75, 3.05) is 13.2 Å². The van der Waals surface area contributed by atoms with E-state index in [0.29, 0.717) is 31.7 Å². The number of ether oxygens (including phenoxy) is 1. The van der Waals surface area contributed by atoms with Gasteiger partial charge in [0.1, 0.15) is 11.6 Å². The molecule has 22 heavy (non-hydrogen) atoms. The number of aliphatic hydroxyl groups is 1. The van der Waals surface area contributed by atoms with Gasteiger partial charge < -0.3 is 20.5 Å². The minimum Gasteiger partial charge on any atom is -0.493 e. The number of urea groups is 1. The van der Waals surface area contributed by atoms with Crippen molar-refractivity contribution in [3.63, 3.8) is 0 Å². The van der Waals surface area contributed by atoms with Crippen molar-refractivity contribution >= 4 is 6.03 Å². The summed E-state index contributed by atoms with van der Waals surface area (Å²) in [5.74, 6) is 0.140. The van der Waals surface area contributed by atoms with Gasteiger partial charge in [-0.25, -0.2) is 9.18 Å². The molecule has 0 saturated carbocycles. The first-order valence-corrected chi connectivity index (χ1v) is 7.74. The summed E-state index contributed by atoms with van der Waals surface area (Å²) in [6, 6.07) is 3.89. The predicted molar refractivity (Wildman–Crippen MR) is 81.3 cm³/mol. The molecule has 3 N–H and O–H groups in total. The van der Waals surface area contributed by atoms with E-state index in [4.69, 9.17) is 4.74 Å². The number of amides is 2. The largest absolute Gasteiger partial charge is 0.493 e. The molecular formula is C16H23FN2O3. The second-order valence-electron chi connectivity index (χ2n) is 5.48. The Morgan fingerprint density at radius 2 is 2.36 bits per heavy atom. The molecule has 2 unspecified atom stereocenters. The maximum atomic E-state index is 13.3. The summed E-state index contributed by atoms with van der Waals surface area (Å²) in [5.41, 5.74) is 0.794. The third-order valence-electron chi connectivity index (χ3n) is 3.79. The van der Waals surface area contributed by atoms with Crippen LogP contribution < -0.4 is 15.4 Å². The number of fused-ring (bicyclic) bond motifs is 1. The van der Waals surface area contributed by atoms with Gasteiger partial charge in [-0.1, -0.05) is 13.0 Å². The van der Waals surface area contributed by atoms with Crippen molar-refractivity contribution in [3.05, 3.63) is 29.6 Å². The number of halogens is 1. The molecule has 1 aromatic carbocycles. The Bertz CT molecular complexity index is 510. The highest BCUT2D eigenvalue weighted by molar-refractivity contribution is 5.74. The zero-order valence-corrected chi connectivity index (χ0v) is 12.8. The van der Waals surface area contributed by atoms with Gasteiger partial charge in [-0.15, -0.1) is 0 Å². The lowest BCUT2D eigenvalue weighted by Crippen LogP contribution is -2.39. The number of carbonyl (C=O) groups excluding carboxylic acids is 1. The highest BCUT2D eigenvalue weighted by Crippen LogP contribution is 2.31. The van der Waals surface area contributed by atoms with Crippen LogP contribution in [0.1, 0.15) is 44.2 Å². The molecule has 2 rings (SSSR count). The van der Waals surface area contributed by atoms with Gasteiger partial charge >= 0.3 is 6.03 Å². The lowest BCUT2D eigenvalue weighted by molar-refractivity contribution is 0.160. The lowest BCUT2D eigenvalue weighted by Gasteiger charge is -2.19. The fourth-order valence-electron chi connectivity index (χ4n) is 2.46. The van der Waals surface area contributed by atoms with Gasteiger partial charge in [0.05, 0.1) is 18.8 Å². The molecule has 2 atom stereocenters.